The summed E-state index contributed by atoms with van der Waals surface area (Å²) in [6.45, 7) is 7.08. The summed E-state index contributed by atoms with van der Waals surface area (Å²) in [6, 6.07) is 27.8. The molecule has 5 rings (SSSR count). The second kappa shape index (κ2) is 9.26. The first-order valence-corrected chi connectivity index (χ1v) is 12.8. The molecular formula is C32H35FO2. The minimum atomic E-state index is -0.260. The number of halogens is 1. The lowest BCUT2D eigenvalue weighted by Crippen LogP contribution is -2.42. The Morgan fingerprint density at radius 2 is 1.49 bits per heavy atom. The molecule has 0 spiro atoms. The fraction of sp³-hybridized carbons (Fsp3) is 0.406. The summed E-state index contributed by atoms with van der Waals surface area (Å²) in [5.74, 6) is 0.424. The van der Waals surface area contributed by atoms with E-state index in [1.165, 1.54) is 23.3 Å². The zero-order valence-electron chi connectivity index (χ0n) is 20.9. The molecule has 0 aromatic heterocycles. The summed E-state index contributed by atoms with van der Waals surface area (Å²) in [7, 11) is 0. The van der Waals surface area contributed by atoms with Crippen LogP contribution in [0.25, 0.3) is 0 Å². The first-order valence-electron chi connectivity index (χ1n) is 12.8. The average molecular weight is 471 g/mol. The summed E-state index contributed by atoms with van der Waals surface area (Å²) in [6.07, 6.45) is 2.95. The highest BCUT2D eigenvalue weighted by Crippen LogP contribution is 2.71. The number of carbonyl (C=O) groups is 1. The van der Waals surface area contributed by atoms with Crippen LogP contribution in [0.3, 0.4) is 0 Å². The second-order valence-corrected chi connectivity index (χ2v) is 11.2. The van der Waals surface area contributed by atoms with E-state index in [2.05, 4.69) is 81.4 Å². The topological polar surface area (TPSA) is 26.3 Å². The lowest BCUT2D eigenvalue weighted by molar-refractivity contribution is -0.161. The minimum Gasteiger partial charge on any atom is -0.461 e. The van der Waals surface area contributed by atoms with Crippen molar-refractivity contribution in [1.82, 2.24) is 0 Å². The van der Waals surface area contributed by atoms with Crippen molar-refractivity contribution in [2.45, 2.75) is 58.5 Å². The van der Waals surface area contributed by atoms with E-state index in [0.717, 1.165) is 18.4 Å². The SMILES string of the molecule is CC1(C)[C@@H]2CC[C@@]1(C)[C@H](OC(=O)CCc1ccc(F)cc1)[C@@H]2C(c1ccccc1)c1ccccc1. The molecule has 182 valence electrons. The zero-order valence-corrected chi connectivity index (χ0v) is 20.9. The minimum absolute atomic E-state index is 0.0708. The molecule has 3 aromatic carbocycles. The van der Waals surface area contributed by atoms with Gasteiger partial charge >= 0.3 is 5.97 Å². The van der Waals surface area contributed by atoms with E-state index < -0.39 is 0 Å². The van der Waals surface area contributed by atoms with Crippen LogP contribution in [0, 0.1) is 28.5 Å². The maximum atomic E-state index is 13.3. The van der Waals surface area contributed by atoms with E-state index >= 15 is 0 Å². The number of fused-ring (bicyclic) bond motifs is 2. The van der Waals surface area contributed by atoms with Crippen LogP contribution in [0.5, 0.6) is 0 Å². The van der Waals surface area contributed by atoms with Crippen LogP contribution in [0.2, 0.25) is 0 Å². The average Bonchev–Trinajstić information content (AvgIpc) is 3.18. The van der Waals surface area contributed by atoms with Gasteiger partial charge in [-0.25, -0.2) is 4.39 Å². The van der Waals surface area contributed by atoms with Gasteiger partial charge in [-0.1, -0.05) is 93.6 Å². The van der Waals surface area contributed by atoms with Crippen molar-refractivity contribution in [3.8, 4) is 0 Å². The maximum absolute atomic E-state index is 13.3. The van der Waals surface area contributed by atoms with Gasteiger partial charge in [0.2, 0.25) is 0 Å². The van der Waals surface area contributed by atoms with Gasteiger partial charge in [0.15, 0.2) is 0 Å². The molecule has 3 heteroatoms. The van der Waals surface area contributed by atoms with E-state index in [1.807, 2.05) is 0 Å². The van der Waals surface area contributed by atoms with Crippen LogP contribution in [0.15, 0.2) is 84.9 Å². The fourth-order valence-electron chi connectivity index (χ4n) is 7.05. The second-order valence-electron chi connectivity index (χ2n) is 11.2. The molecule has 2 aliphatic rings. The highest BCUT2D eigenvalue weighted by atomic mass is 19.1. The Morgan fingerprint density at radius 1 is 0.914 bits per heavy atom. The predicted octanol–water partition coefficient (Wildman–Crippen LogP) is 7.57. The lowest BCUT2D eigenvalue weighted by Gasteiger charge is -2.41. The molecule has 0 N–H and O–H groups in total. The third-order valence-electron chi connectivity index (χ3n) is 9.31. The Labute approximate surface area is 208 Å². The molecular weight excluding hydrogens is 435 g/mol. The van der Waals surface area contributed by atoms with Crippen molar-refractivity contribution in [3.63, 3.8) is 0 Å². The van der Waals surface area contributed by atoms with Crippen LogP contribution in [-0.4, -0.2) is 12.1 Å². The lowest BCUT2D eigenvalue weighted by atomic mass is 9.68. The Balaban J connectivity index is 1.47. The van der Waals surface area contributed by atoms with Gasteiger partial charge < -0.3 is 4.74 Å². The quantitative estimate of drug-likeness (QED) is 0.333. The van der Waals surface area contributed by atoms with Crippen molar-refractivity contribution >= 4 is 5.97 Å². The highest BCUT2D eigenvalue weighted by Gasteiger charge is 2.69. The Kier molecular flexibility index (Phi) is 6.29. The van der Waals surface area contributed by atoms with Gasteiger partial charge in [-0.05, 0) is 59.4 Å². The maximum Gasteiger partial charge on any atom is 0.306 e. The van der Waals surface area contributed by atoms with Crippen LogP contribution in [0.1, 0.15) is 62.6 Å². The third kappa shape index (κ3) is 4.20. The van der Waals surface area contributed by atoms with Gasteiger partial charge in [-0.2, -0.15) is 0 Å². The Morgan fingerprint density at radius 3 is 2.06 bits per heavy atom. The molecule has 2 aliphatic carbocycles. The predicted molar refractivity (Wildman–Crippen MR) is 137 cm³/mol. The molecule has 0 radical (unpaired) electrons. The Bertz CT molecular complexity index is 1120. The molecule has 0 heterocycles. The number of aryl methyl sites for hydroxylation is 1. The van der Waals surface area contributed by atoms with E-state index in [9.17, 15) is 9.18 Å². The smallest absolute Gasteiger partial charge is 0.306 e. The third-order valence-corrected chi connectivity index (χ3v) is 9.31. The van der Waals surface area contributed by atoms with Crippen molar-refractivity contribution in [2.24, 2.45) is 22.7 Å². The fourth-order valence-corrected chi connectivity index (χ4v) is 7.05. The van der Waals surface area contributed by atoms with Gasteiger partial charge in [0.05, 0.1) is 0 Å². The van der Waals surface area contributed by atoms with Crippen LogP contribution in [0.4, 0.5) is 4.39 Å². The number of carbonyl (C=O) groups excluding carboxylic acids is 1. The number of hydrogen-bond acceptors (Lipinski definition) is 2. The van der Waals surface area contributed by atoms with E-state index in [4.69, 9.17) is 4.74 Å². The van der Waals surface area contributed by atoms with Crippen molar-refractivity contribution in [2.75, 3.05) is 0 Å². The molecule has 2 fully saturated rings. The van der Waals surface area contributed by atoms with E-state index in [-0.39, 0.29) is 40.6 Å². The van der Waals surface area contributed by atoms with Crippen LogP contribution >= 0.6 is 0 Å². The van der Waals surface area contributed by atoms with Crippen molar-refractivity contribution in [3.05, 3.63) is 107 Å². The van der Waals surface area contributed by atoms with Crippen molar-refractivity contribution in [1.29, 1.82) is 0 Å². The first kappa shape index (κ1) is 23.8. The van der Waals surface area contributed by atoms with E-state index in [0.29, 0.717) is 18.8 Å². The van der Waals surface area contributed by atoms with Gasteiger partial charge in [0.1, 0.15) is 11.9 Å². The first-order chi connectivity index (χ1) is 16.8. The molecule has 4 atom stereocenters. The highest BCUT2D eigenvalue weighted by molar-refractivity contribution is 5.70. The summed E-state index contributed by atoms with van der Waals surface area (Å²) < 4.78 is 19.7. The van der Waals surface area contributed by atoms with E-state index in [1.54, 1.807) is 12.1 Å². The largest absolute Gasteiger partial charge is 0.461 e. The number of hydrogen-bond donors (Lipinski definition) is 0. The summed E-state index contributed by atoms with van der Waals surface area (Å²) >= 11 is 0. The zero-order chi connectivity index (χ0) is 24.6. The molecule has 0 saturated heterocycles. The molecule has 0 aliphatic heterocycles. The standard InChI is InChI=1S/C32H35FO2/c1-31(2)26-20-21-32(31,3)30(35-27(34)19-16-22-14-17-25(33)18-15-22)29(26)28(23-10-6-4-7-11-23)24-12-8-5-9-13-24/h4-15,17-18,26,28-30H,16,19-21H2,1-3H3/t26-,29+,30-,32+/m1/s1. The number of esters is 1. The van der Waals surface area contributed by atoms with Crippen molar-refractivity contribution < 1.29 is 13.9 Å². The normalized spacial score (nSPS) is 26.7. The Hall–Kier alpha value is -2.94. The number of rotatable bonds is 7. The van der Waals surface area contributed by atoms with Gasteiger partial charge in [-0.15, -0.1) is 0 Å². The molecule has 2 nitrogen and oxygen atoms in total. The van der Waals surface area contributed by atoms with Crippen LogP contribution in [-0.2, 0) is 16.0 Å². The summed E-state index contributed by atoms with van der Waals surface area (Å²) in [4.78, 5) is 13.2. The van der Waals surface area contributed by atoms with Gasteiger partial charge in [0.25, 0.3) is 0 Å². The number of ether oxygens (including phenoxy) is 1. The molecule has 0 unspecified atom stereocenters. The summed E-state index contributed by atoms with van der Waals surface area (Å²) in [5.41, 5.74) is 3.51. The molecule has 35 heavy (non-hydrogen) atoms. The van der Waals surface area contributed by atoms with Gasteiger partial charge in [-0.3, -0.25) is 4.79 Å². The monoisotopic (exact) mass is 470 g/mol. The molecule has 2 saturated carbocycles. The molecule has 2 bridgehead atoms. The molecule has 3 aromatic rings. The van der Waals surface area contributed by atoms with Gasteiger partial charge in [0, 0.05) is 23.7 Å². The summed E-state index contributed by atoms with van der Waals surface area (Å²) in [5, 5.41) is 0. The molecule has 0 amide bonds. The van der Waals surface area contributed by atoms with Crippen LogP contribution < -0.4 is 0 Å². The number of benzene rings is 3.